The van der Waals surface area contributed by atoms with Gasteiger partial charge in [0.1, 0.15) is 11.6 Å². The van der Waals surface area contributed by atoms with E-state index in [1.54, 1.807) is 31.2 Å². The van der Waals surface area contributed by atoms with Gasteiger partial charge >= 0.3 is 5.97 Å². The fraction of sp³-hybridized carbons (Fsp3) is 0.185. The summed E-state index contributed by atoms with van der Waals surface area (Å²) in [6, 6.07) is 13.1. The molecule has 0 heterocycles. The summed E-state index contributed by atoms with van der Waals surface area (Å²) >= 11 is 0. The highest BCUT2D eigenvalue weighted by Gasteiger charge is 2.14. The summed E-state index contributed by atoms with van der Waals surface area (Å²) in [5.41, 5.74) is 2.85. The van der Waals surface area contributed by atoms with E-state index in [4.69, 9.17) is 5.11 Å². The molecule has 0 aromatic heterocycles. The first-order chi connectivity index (χ1) is 15.7. The molecule has 4 nitrogen and oxygen atoms in total. The van der Waals surface area contributed by atoms with E-state index in [0.29, 0.717) is 16.7 Å². The molecule has 0 aliphatic carbocycles. The molecule has 3 aromatic carbocycles. The smallest absolute Gasteiger partial charge is 0.335 e. The van der Waals surface area contributed by atoms with E-state index in [1.165, 1.54) is 24.3 Å². The number of rotatable bonds is 6. The molecule has 6 heteroatoms. The van der Waals surface area contributed by atoms with Crippen molar-refractivity contribution in [1.82, 2.24) is 5.32 Å². The van der Waals surface area contributed by atoms with Gasteiger partial charge in [0.2, 0.25) is 0 Å². The summed E-state index contributed by atoms with van der Waals surface area (Å²) in [5, 5.41) is 11.8. The lowest BCUT2D eigenvalue weighted by Crippen LogP contribution is -2.24. The maximum absolute atomic E-state index is 14.3. The third-order valence-electron chi connectivity index (χ3n) is 4.97. The summed E-state index contributed by atoms with van der Waals surface area (Å²) in [6.45, 7) is 9.23. The number of carbonyl (C=O) groups excluding carboxylic acids is 1. The molecule has 3 rings (SSSR count). The lowest BCUT2D eigenvalue weighted by atomic mass is 9.97. The molecule has 0 radical (unpaired) electrons. The topological polar surface area (TPSA) is 66.4 Å². The quantitative estimate of drug-likeness (QED) is 0.423. The molecule has 0 bridgehead atoms. The minimum absolute atomic E-state index is 0.0216. The summed E-state index contributed by atoms with van der Waals surface area (Å²) < 4.78 is 28.2. The van der Waals surface area contributed by atoms with Gasteiger partial charge in [0.15, 0.2) is 0 Å². The lowest BCUT2D eigenvalue weighted by Gasteiger charge is -2.12. The second-order valence-electron chi connectivity index (χ2n) is 7.50. The highest BCUT2D eigenvalue weighted by Crippen LogP contribution is 2.26. The number of benzene rings is 3. The van der Waals surface area contributed by atoms with Gasteiger partial charge in [0.05, 0.1) is 11.1 Å². The number of aryl methyl sites for hydroxylation is 2. The van der Waals surface area contributed by atoms with Crippen LogP contribution in [0.15, 0.2) is 67.3 Å². The van der Waals surface area contributed by atoms with E-state index in [1.807, 2.05) is 13.0 Å². The Kier molecular flexibility index (Phi) is 9.04. The standard InChI is InChI=1S/C23H19F2NO3.C4H8/c1-13-3-7-18(21(25)9-13)22(27)26-12-17-10-15(5-4-14(17)2)19-11-16(23(28)29)6-8-20(19)24;1-3-4-2/h3-11H,12H2,1-2H3,(H,26,27)(H,28,29);3H,1,4H2,2H3. The number of nitrogens with one attached hydrogen (secondary N) is 1. The molecule has 0 unspecified atom stereocenters. The van der Waals surface area contributed by atoms with E-state index in [2.05, 4.69) is 18.8 Å². The Hall–Kier alpha value is -3.80. The number of hydrogen-bond donors (Lipinski definition) is 2. The van der Waals surface area contributed by atoms with Crippen LogP contribution in [-0.4, -0.2) is 17.0 Å². The molecule has 0 spiro atoms. The van der Waals surface area contributed by atoms with Crippen LogP contribution in [0.2, 0.25) is 0 Å². The number of carbonyl (C=O) groups is 2. The van der Waals surface area contributed by atoms with Crippen molar-refractivity contribution < 1.29 is 23.5 Å². The molecule has 0 aliphatic heterocycles. The van der Waals surface area contributed by atoms with E-state index in [9.17, 15) is 18.4 Å². The van der Waals surface area contributed by atoms with Gasteiger partial charge in [-0.15, -0.1) is 6.58 Å². The molecular weight excluding hydrogens is 424 g/mol. The van der Waals surface area contributed by atoms with Crippen molar-refractivity contribution in [3.05, 3.63) is 107 Å². The van der Waals surface area contributed by atoms with Gasteiger partial charge in [-0.25, -0.2) is 13.6 Å². The third kappa shape index (κ3) is 6.84. The van der Waals surface area contributed by atoms with E-state index >= 15 is 0 Å². The fourth-order valence-corrected chi connectivity index (χ4v) is 2.98. The van der Waals surface area contributed by atoms with Gasteiger partial charge < -0.3 is 10.4 Å². The maximum atomic E-state index is 14.3. The molecule has 3 aromatic rings. The molecule has 33 heavy (non-hydrogen) atoms. The first-order valence-electron chi connectivity index (χ1n) is 10.5. The number of allylic oxidation sites excluding steroid dienone is 1. The number of amides is 1. The summed E-state index contributed by atoms with van der Waals surface area (Å²) in [5.74, 6) is -2.84. The largest absolute Gasteiger partial charge is 0.478 e. The second-order valence-corrected chi connectivity index (χ2v) is 7.50. The number of carboxylic acids is 1. The predicted octanol–water partition coefficient (Wildman–Crippen LogP) is 6.46. The van der Waals surface area contributed by atoms with Crippen molar-refractivity contribution in [2.24, 2.45) is 0 Å². The lowest BCUT2D eigenvalue weighted by molar-refractivity contribution is 0.0696. The minimum atomic E-state index is -1.15. The van der Waals surface area contributed by atoms with E-state index < -0.39 is 23.5 Å². The van der Waals surface area contributed by atoms with Crippen LogP contribution in [-0.2, 0) is 6.54 Å². The van der Waals surface area contributed by atoms with Crippen molar-refractivity contribution in [3.63, 3.8) is 0 Å². The maximum Gasteiger partial charge on any atom is 0.335 e. The highest BCUT2D eigenvalue weighted by molar-refractivity contribution is 5.94. The summed E-state index contributed by atoms with van der Waals surface area (Å²) in [6.07, 6.45) is 2.96. The first-order valence-corrected chi connectivity index (χ1v) is 10.5. The molecular formula is C27H27F2NO3. The van der Waals surface area contributed by atoms with Crippen LogP contribution in [0.5, 0.6) is 0 Å². The normalized spacial score (nSPS) is 10.1. The zero-order valence-electron chi connectivity index (χ0n) is 18.9. The number of halogens is 2. The fourth-order valence-electron chi connectivity index (χ4n) is 2.98. The summed E-state index contributed by atoms with van der Waals surface area (Å²) in [4.78, 5) is 23.5. The van der Waals surface area contributed by atoms with Gasteiger partial charge in [-0.2, -0.15) is 0 Å². The Balaban J connectivity index is 0.000000890. The zero-order valence-corrected chi connectivity index (χ0v) is 18.9. The van der Waals surface area contributed by atoms with Gasteiger partial charge in [0.25, 0.3) is 5.91 Å². The van der Waals surface area contributed by atoms with Gasteiger partial charge in [-0.3, -0.25) is 4.79 Å². The third-order valence-corrected chi connectivity index (χ3v) is 4.97. The molecule has 2 N–H and O–H groups in total. The van der Waals surface area contributed by atoms with Crippen molar-refractivity contribution >= 4 is 11.9 Å². The van der Waals surface area contributed by atoms with Crippen LogP contribution in [0.25, 0.3) is 11.1 Å². The Morgan fingerprint density at radius 2 is 1.70 bits per heavy atom. The molecule has 0 aliphatic rings. The van der Waals surface area contributed by atoms with Crippen LogP contribution in [0.1, 0.15) is 50.8 Å². The van der Waals surface area contributed by atoms with Crippen LogP contribution < -0.4 is 5.32 Å². The highest BCUT2D eigenvalue weighted by atomic mass is 19.1. The van der Waals surface area contributed by atoms with Crippen LogP contribution in [0.3, 0.4) is 0 Å². The number of carboxylic acid groups (broad SMARTS) is 1. The predicted molar refractivity (Wildman–Crippen MR) is 126 cm³/mol. The molecule has 0 saturated carbocycles. The Morgan fingerprint density at radius 1 is 1.00 bits per heavy atom. The van der Waals surface area contributed by atoms with Gasteiger partial charge in [-0.1, -0.05) is 31.2 Å². The number of aromatic carboxylic acids is 1. The monoisotopic (exact) mass is 451 g/mol. The van der Waals surface area contributed by atoms with Crippen molar-refractivity contribution in [1.29, 1.82) is 0 Å². The first kappa shape index (κ1) is 25.5. The zero-order chi connectivity index (χ0) is 24.5. The molecule has 0 fully saturated rings. The molecule has 1 amide bonds. The Bertz CT molecular complexity index is 1170. The van der Waals surface area contributed by atoms with E-state index in [0.717, 1.165) is 18.1 Å². The van der Waals surface area contributed by atoms with E-state index in [-0.39, 0.29) is 23.2 Å². The second kappa shape index (κ2) is 11.7. The van der Waals surface area contributed by atoms with Crippen molar-refractivity contribution in [2.75, 3.05) is 0 Å². The minimum Gasteiger partial charge on any atom is -0.478 e. The average molecular weight is 452 g/mol. The van der Waals surface area contributed by atoms with Crippen LogP contribution in [0.4, 0.5) is 8.78 Å². The number of hydrogen-bond acceptors (Lipinski definition) is 2. The molecule has 0 atom stereocenters. The van der Waals surface area contributed by atoms with Crippen molar-refractivity contribution in [3.8, 4) is 11.1 Å². The van der Waals surface area contributed by atoms with Gasteiger partial charge in [0, 0.05) is 12.1 Å². The van der Waals surface area contributed by atoms with Crippen LogP contribution in [0, 0.1) is 25.5 Å². The Labute approximate surface area is 192 Å². The summed E-state index contributed by atoms with van der Waals surface area (Å²) in [7, 11) is 0. The SMILES string of the molecule is C=CCC.Cc1ccc(C(=O)NCc2cc(-c3cc(C(=O)O)ccc3F)ccc2C)c(F)c1. The van der Waals surface area contributed by atoms with Crippen molar-refractivity contribution in [2.45, 2.75) is 33.7 Å². The average Bonchev–Trinajstić information content (AvgIpc) is 2.78. The molecule has 0 saturated heterocycles. The van der Waals surface area contributed by atoms with Crippen LogP contribution >= 0.6 is 0 Å². The Morgan fingerprint density at radius 3 is 2.30 bits per heavy atom. The molecule has 172 valence electrons. The van der Waals surface area contributed by atoms with Gasteiger partial charge in [-0.05, 0) is 78.9 Å².